The fourth-order valence-electron chi connectivity index (χ4n) is 2.64. The molecule has 1 aliphatic heterocycles. The van der Waals surface area contributed by atoms with Crippen LogP contribution in [0.2, 0.25) is 0 Å². The number of aryl methyl sites for hydroxylation is 1. The fourth-order valence-corrected chi connectivity index (χ4v) is 2.64. The minimum absolute atomic E-state index is 0.0227. The van der Waals surface area contributed by atoms with Gasteiger partial charge in [-0.2, -0.15) is 5.10 Å². The Balaban J connectivity index is 0.000000228. The third kappa shape index (κ3) is 5.25. The largest absolute Gasteiger partial charge is 0.383 e. The molecular weight excluding hydrogens is 320 g/mol. The van der Waals surface area contributed by atoms with Gasteiger partial charge in [0.25, 0.3) is 0 Å². The number of hydrogen-bond donors (Lipinski definition) is 2. The quantitative estimate of drug-likeness (QED) is 0.822. The number of rotatable bonds is 3. The maximum Gasteiger partial charge on any atom is 0.246 e. The van der Waals surface area contributed by atoms with Crippen LogP contribution in [-0.4, -0.2) is 57.3 Å². The lowest BCUT2D eigenvalue weighted by Gasteiger charge is -2.22. The molecule has 138 valence electrons. The van der Waals surface area contributed by atoms with Gasteiger partial charge in [-0.25, -0.2) is 9.97 Å². The zero-order valence-corrected chi connectivity index (χ0v) is 15.5. The van der Waals surface area contributed by atoms with Crippen molar-refractivity contribution in [2.45, 2.75) is 39.7 Å². The number of fused-ring (bicyclic) bond motifs is 1. The van der Waals surface area contributed by atoms with Crippen molar-refractivity contribution < 1.29 is 9.53 Å². The van der Waals surface area contributed by atoms with E-state index in [-0.39, 0.29) is 11.9 Å². The number of nitrogens with one attached hydrogen (secondary N) is 1. The van der Waals surface area contributed by atoms with Crippen molar-refractivity contribution in [2.75, 3.05) is 26.0 Å². The van der Waals surface area contributed by atoms with E-state index in [4.69, 9.17) is 10.5 Å². The van der Waals surface area contributed by atoms with Crippen molar-refractivity contribution in [3.05, 3.63) is 24.7 Å². The molecule has 0 saturated carbocycles. The number of carbonyl (C=O) groups is 1. The van der Waals surface area contributed by atoms with Crippen LogP contribution in [0.25, 0.3) is 11.0 Å². The van der Waals surface area contributed by atoms with Gasteiger partial charge in [0, 0.05) is 19.3 Å². The van der Waals surface area contributed by atoms with E-state index in [1.165, 1.54) is 12.4 Å². The van der Waals surface area contributed by atoms with Gasteiger partial charge in [-0.15, -0.1) is 0 Å². The number of amides is 1. The fraction of sp³-hybridized carbons (Fsp3) is 0.529. The zero-order chi connectivity index (χ0) is 18.8. The maximum atomic E-state index is 11.3. The summed E-state index contributed by atoms with van der Waals surface area (Å²) in [5, 5.41) is 7.52. The highest BCUT2D eigenvalue weighted by Crippen LogP contribution is 2.17. The van der Waals surface area contributed by atoms with Gasteiger partial charge in [-0.3, -0.25) is 9.89 Å². The Kier molecular flexibility index (Phi) is 8.55. The zero-order valence-electron chi connectivity index (χ0n) is 15.5. The molecule has 8 heteroatoms. The second kappa shape index (κ2) is 10.4. The number of ether oxygens (including phenoxy) is 1. The van der Waals surface area contributed by atoms with Crippen molar-refractivity contribution in [1.29, 1.82) is 0 Å². The highest BCUT2D eigenvalue weighted by molar-refractivity contribution is 5.87. The third-order valence-corrected chi connectivity index (χ3v) is 3.75. The number of nitrogens with two attached hydrogens (primary N) is 1. The van der Waals surface area contributed by atoms with Crippen LogP contribution in [0, 0.1) is 6.92 Å². The van der Waals surface area contributed by atoms with Gasteiger partial charge in [0.1, 0.15) is 12.1 Å². The highest BCUT2D eigenvalue weighted by Gasteiger charge is 2.26. The first-order chi connectivity index (χ1) is 12.1. The molecule has 0 spiro atoms. The molecule has 3 rings (SSSR count). The van der Waals surface area contributed by atoms with E-state index in [0.29, 0.717) is 18.1 Å². The van der Waals surface area contributed by atoms with Gasteiger partial charge in [-0.1, -0.05) is 20.4 Å². The van der Waals surface area contributed by atoms with Crippen LogP contribution >= 0.6 is 0 Å². The minimum Gasteiger partial charge on any atom is -0.383 e. The average Bonchev–Trinajstić information content (AvgIpc) is 3.25. The Morgan fingerprint density at radius 2 is 2.24 bits per heavy atom. The molecule has 3 heterocycles. The Hall–Kier alpha value is -2.48. The third-order valence-electron chi connectivity index (χ3n) is 3.75. The highest BCUT2D eigenvalue weighted by atomic mass is 16.5. The van der Waals surface area contributed by atoms with E-state index in [9.17, 15) is 4.79 Å². The van der Waals surface area contributed by atoms with E-state index in [1.54, 1.807) is 7.11 Å². The molecule has 2 aromatic rings. The number of methoxy groups -OCH3 is 1. The molecule has 0 bridgehead atoms. The molecule has 0 radical (unpaired) electrons. The second-order valence-corrected chi connectivity index (χ2v) is 5.29. The van der Waals surface area contributed by atoms with Crippen molar-refractivity contribution in [1.82, 2.24) is 25.1 Å². The predicted octanol–water partition coefficient (Wildman–Crippen LogP) is 2.08. The lowest BCUT2D eigenvalue weighted by atomic mass is 10.2. The molecule has 1 atom stereocenters. The van der Waals surface area contributed by atoms with Gasteiger partial charge in [0.05, 0.1) is 18.0 Å². The van der Waals surface area contributed by atoms with Crippen LogP contribution in [0.1, 0.15) is 32.4 Å². The minimum atomic E-state index is 0.0227. The normalized spacial score (nSPS) is 15.8. The van der Waals surface area contributed by atoms with Crippen LogP contribution in [0.15, 0.2) is 19.0 Å². The molecule has 0 aromatic carbocycles. The molecule has 1 unspecified atom stereocenters. The predicted molar refractivity (Wildman–Crippen MR) is 99.0 cm³/mol. The lowest BCUT2D eigenvalue weighted by Crippen LogP contribution is -2.36. The van der Waals surface area contributed by atoms with Gasteiger partial charge >= 0.3 is 0 Å². The summed E-state index contributed by atoms with van der Waals surface area (Å²) in [7, 11) is 1.66. The summed E-state index contributed by atoms with van der Waals surface area (Å²) in [6.45, 7) is 10.8. The van der Waals surface area contributed by atoms with Crippen molar-refractivity contribution in [3.63, 3.8) is 0 Å². The van der Waals surface area contributed by atoms with Crippen LogP contribution in [0.3, 0.4) is 0 Å². The lowest BCUT2D eigenvalue weighted by molar-refractivity contribution is -0.127. The summed E-state index contributed by atoms with van der Waals surface area (Å²) in [5.74, 6) is 0.496. The summed E-state index contributed by atoms with van der Waals surface area (Å²) in [6, 6.07) is 0.264. The first-order valence-electron chi connectivity index (χ1n) is 8.41. The number of nitrogens with zero attached hydrogens (tertiary/aromatic N) is 4. The summed E-state index contributed by atoms with van der Waals surface area (Å²) in [5.41, 5.74) is 7.11. The number of aromatic nitrogens is 4. The summed E-state index contributed by atoms with van der Waals surface area (Å²) in [4.78, 5) is 20.9. The number of H-pyrrole nitrogens is 1. The second-order valence-electron chi connectivity index (χ2n) is 5.29. The first-order valence-corrected chi connectivity index (χ1v) is 8.41. The van der Waals surface area contributed by atoms with Crippen LogP contribution in [0.4, 0.5) is 5.82 Å². The molecule has 2 aromatic heterocycles. The van der Waals surface area contributed by atoms with Crippen molar-refractivity contribution in [3.8, 4) is 0 Å². The summed E-state index contributed by atoms with van der Waals surface area (Å²) in [6.07, 6.45) is 4.90. The molecular formula is C17H28N6O2. The average molecular weight is 348 g/mol. The van der Waals surface area contributed by atoms with Gasteiger partial charge in [0.2, 0.25) is 5.91 Å². The van der Waals surface area contributed by atoms with Gasteiger partial charge < -0.3 is 15.4 Å². The number of nitrogen functional groups attached to an aromatic ring is 1. The van der Waals surface area contributed by atoms with E-state index in [1.807, 2.05) is 25.7 Å². The standard InChI is InChI=1S/C9H15NO2.C6H7N5.C2H6/c1-3-9(11)10-6-4-5-8(10)7-12-2;1-3-4-5(7)8-2-9-6(4)11-10-3;1-2/h3,8H,1,4-7H2,2H3;2H,1H3,(H3,7,8,9,10,11);1-2H3. The molecule has 1 saturated heterocycles. The molecule has 1 amide bonds. The summed E-state index contributed by atoms with van der Waals surface area (Å²) < 4.78 is 5.02. The number of carbonyl (C=O) groups excluding carboxylic acids is 1. The Morgan fingerprint density at radius 1 is 1.52 bits per heavy atom. The van der Waals surface area contributed by atoms with Crippen LogP contribution < -0.4 is 5.73 Å². The number of likely N-dealkylation sites (tertiary alicyclic amines) is 1. The monoisotopic (exact) mass is 348 g/mol. The number of anilines is 1. The Labute approximate surface area is 148 Å². The van der Waals surface area contributed by atoms with E-state index in [0.717, 1.165) is 30.5 Å². The van der Waals surface area contributed by atoms with E-state index < -0.39 is 0 Å². The van der Waals surface area contributed by atoms with Crippen molar-refractivity contribution in [2.24, 2.45) is 0 Å². The van der Waals surface area contributed by atoms with Gasteiger partial charge in [-0.05, 0) is 25.8 Å². The van der Waals surface area contributed by atoms with E-state index in [2.05, 4.69) is 26.7 Å². The molecule has 1 aliphatic rings. The Bertz CT molecular complexity index is 685. The topological polar surface area (TPSA) is 110 Å². The molecule has 8 nitrogen and oxygen atoms in total. The van der Waals surface area contributed by atoms with E-state index >= 15 is 0 Å². The summed E-state index contributed by atoms with van der Waals surface area (Å²) >= 11 is 0. The van der Waals surface area contributed by atoms with Crippen LogP contribution in [0.5, 0.6) is 0 Å². The SMILES string of the molecule is C=CC(=O)N1CCCC1COC.CC.Cc1[nH]nc2ncnc(N)c12. The van der Waals surface area contributed by atoms with Crippen molar-refractivity contribution >= 4 is 22.8 Å². The Morgan fingerprint density at radius 3 is 2.84 bits per heavy atom. The maximum absolute atomic E-state index is 11.3. The molecule has 25 heavy (non-hydrogen) atoms. The number of aromatic amines is 1. The van der Waals surface area contributed by atoms with Gasteiger partial charge in [0.15, 0.2) is 5.65 Å². The first kappa shape index (κ1) is 20.6. The number of hydrogen-bond acceptors (Lipinski definition) is 6. The smallest absolute Gasteiger partial charge is 0.246 e. The molecule has 3 N–H and O–H groups in total. The molecule has 1 fully saturated rings. The molecule has 0 aliphatic carbocycles. The van der Waals surface area contributed by atoms with Crippen LogP contribution in [-0.2, 0) is 9.53 Å².